The topological polar surface area (TPSA) is 42.3 Å². The van der Waals surface area contributed by atoms with Gasteiger partial charge in [-0.05, 0) is 41.7 Å². The second kappa shape index (κ2) is 4.10. The molecular weight excluding hydrogens is 272 g/mol. The van der Waals surface area contributed by atoms with Crippen molar-refractivity contribution < 1.29 is 4.79 Å². The van der Waals surface area contributed by atoms with E-state index in [-0.39, 0.29) is 5.78 Å². The van der Waals surface area contributed by atoms with Crippen molar-refractivity contribution in [3.05, 3.63) is 70.2 Å². The fraction of sp³-hybridized carbons (Fsp3) is 0.105. The number of hydrogen-bond donors (Lipinski definition) is 0. The number of ketones is 1. The van der Waals surface area contributed by atoms with Gasteiger partial charge in [0.05, 0.1) is 22.3 Å². The Morgan fingerprint density at radius 2 is 2.05 bits per heavy atom. The Kier molecular flexibility index (Phi) is 2.20. The van der Waals surface area contributed by atoms with Crippen molar-refractivity contribution in [1.82, 2.24) is 4.98 Å². The maximum absolute atomic E-state index is 12.3. The molecule has 2 aliphatic carbocycles. The molecule has 0 bridgehead atoms. The molecule has 0 amide bonds. The van der Waals surface area contributed by atoms with Crippen LogP contribution < -0.4 is 10.6 Å². The summed E-state index contributed by atoms with van der Waals surface area (Å²) >= 11 is 0. The van der Waals surface area contributed by atoms with Gasteiger partial charge in [0.2, 0.25) is 0 Å². The molecule has 0 fully saturated rings. The zero-order valence-corrected chi connectivity index (χ0v) is 11.8. The van der Waals surface area contributed by atoms with Crippen molar-refractivity contribution in [3.63, 3.8) is 0 Å². The normalized spacial score (nSPS) is 17.9. The second-order valence-corrected chi connectivity index (χ2v) is 5.78. The Bertz CT molecular complexity index is 1080. The van der Waals surface area contributed by atoms with E-state index < -0.39 is 0 Å². The van der Waals surface area contributed by atoms with Gasteiger partial charge in [0.1, 0.15) is 0 Å². The monoisotopic (exact) mass is 284 g/mol. The van der Waals surface area contributed by atoms with Gasteiger partial charge in [-0.2, -0.15) is 0 Å². The van der Waals surface area contributed by atoms with Gasteiger partial charge in [-0.25, -0.2) is 4.99 Å². The molecule has 1 aliphatic heterocycles. The predicted octanol–water partition coefficient (Wildman–Crippen LogP) is 2.46. The van der Waals surface area contributed by atoms with E-state index in [1.807, 2.05) is 30.5 Å². The van der Waals surface area contributed by atoms with Crippen LogP contribution in [0.15, 0.2) is 53.3 Å². The summed E-state index contributed by atoms with van der Waals surface area (Å²) in [6.45, 7) is 0. The third-order valence-corrected chi connectivity index (χ3v) is 4.48. The fourth-order valence-corrected chi connectivity index (χ4v) is 3.44. The highest BCUT2D eigenvalue weighted by atomic mass is 16.1. The Hall–Kier alpha value is -2.81. The third-order valence-electron chi connectivity index (χ3n) is 4.48. The zero-order chi connectivity index (χ0) is 14.7. The molecule has 104 valence electrons. The maximum atomic E-state index is 12.3. The summed E-state index contributed by atoms with van der Waals surface area (Å²) in [7, 11) is 0. The Labute approximate surface area is 126 Å². The summed E-state index contributed by atoms with van der Waals surface area (Å²) in [5.41, 5.74) is 3.82. The van der Waals surface area contributed by atoms with Gasteiger partial charge in [-0.15, -0.1) is 0 Å². The van der Waals surface area contributed by atoms with Gasteiger partial charge in [0.25, 0.3) is 0 Å². The number of aromatic nitrogens is 1. The first-order chi connectivity index (χ1) is 10.8. The highest BCUT2D eigenvalue weighted by Crippen LogP contribution is 2.27. The average molecular weight is 284 g/mol. The summed E-state index contributed by atoms with van der Waals surface area (Å²) in [5.74, 6) is 0.138. The van der Waals surface area contributed by atoms with Gasteiger partial charge < -0.3 is 0 Å². The molecule has 2 heterocycles. The number of benzene rings is 1. The minimum absolute atomic E-state index is 0.138. The van der Waals surface area contributed by atoms with E-state index in [1.54, 1.807) is 0 Å². The fourth-order valence-electron chi connectivity index (χ4n) is 3.44. The number of nitrogens with zero attached hydrogens (tertiary/aromatic N) is 2. The molecule has 0 saturated heterocycles. The molecule has 3 heteroatoms. The van der Waals surface area contributed by atoms with Gasteiger partial charge in [0, 0.05) is 23.2 Å². The first kappa shape index (κ1) is 11.8. The molecule has 0 atom stereocenters. The molecule has 0 saturated carbocycles. The highest BCUT2D eigenvalue weighted by molar-refractivity contribution is 6.12. The van der Waals surface area contributed by atoms with E-state index in [4.69, 9.17) is 4.99 Å². The minimum Gasteiger partial charge on any atom is -0.294 e. The molecule has 0 unspecified atom stereocenters. The van der Waals surface area contributed by atoms with Crippen LogP contribution in [0, 0.1) is 0 Å². The Morgan fingerprint density at radius 1 is 1.09 bits per heavy atom. The van der Waals surface area contributed by atoms with Crippen molar-refractivity contribution in [2.75, 3.05) is 0 Å². The van der Waals surface area contributed by atoms with Crippen molar-refractivity contribution in [2.45, 2.75) is 12.8 Å². The highest BCUT2D eigenvalue weighted by Gasteiger charge is 2.20. The Balaban J connectivity index is 1.93. The van der Waals surface area contributed by atoms with E-state index in [0.717, 1.165) is 39.5 Å². The maximum Gasteiger partial charge on any atom is 0.169 e. The molecule has 5 rings (SSSR count). The van der Waals surface area contributed by atoms with Crippen molar-refractivity contribution in [3.8, 4) is 0 Å². The van der Waals surface area contributed by atoms with Crippen LogP contribution in [0.1, 0.15) is 28.9 Å². The first-order valence-electron chi connectivity index (χ1n) is 7.43. The number of carbonyl (C=O) groups excluding carboxylic acids is 1. The van der Waals surface area contributed by atoms with E-state index in [9.17, 15) is 4.79 Å². The summed E-state index contributed by atoms with van der Waals surface area (Å²) in [4.78, 5) is 21.5. The van der Waals surface area contributed by atoms with E-state index in [1.165, 1.54) is 10.8 Å². The number of pyridine rings is 1. The number of allylic oxidation sites excluding steroid dienone is 5. The lowest BCUT2D eigenvalue weighted by molar-refractivity contribution is 0.0996. The molecular formula is C19H12N2O. The lowest BCUT2D eigenvalue weighted by Crippen LogP contribution is -2.23. The summed E-state index contributed by atoms with van der Waals surface area (Å²) in [6, 6.07) is 4.18. The third kappa shape index (κ3) is 1.48. The van der Waals surface area contributed by atoms with Gasteiger partial charge in [-0.3, -0.25) is 9.78 Å². The number of fused-ring (bicyclic) bond motifs is 5. The lowest BCUT2D eigenvalue weighted by Gasteiger charge is -2.11. The van der Waals surface area contributed by atoms with Gasteiger partial charge in [0.15, 0.2) is 5.78 Å². The van der Waals surface area contributed by atoms with Crippen LogP contribution in [0.25, 0.3) is 22.4 Å². The molecule has 1 aromatic carbocycles. The SMILES string of the molecule is O=C1CC=Cc2ncc3cc4c(cc3c21)=NC1=CC=CCC=41. The van der Waals surface area contributed by atoms with Crippen LogP contribution in [0.3, 0.4) is 0 Å². The van der Waals surface area contributed by atoms with Crippen LogP contribution in [-0.4, -0.2) is 10.8 Å². The van der Waals surface area contributed by atoms with Crippen molar-refractivity contribution >= 4 is 28.2 Å². The zero-order valence-electron chi connectivity index (χ0n) is 11.8. The lowest BCUT2D eigenvalue weighted by atomic mass is 9.94. The molecule has 2 aromatic rings. The number of rotatable bonds is 0. The van der Waals surface area contributed by atoms with Gasteiger partial charge >= 0.3 is 0 Å². The van der Waals surface area contributed by atoms with E-state index in [0.29, 0.717) is 6.42 Å². The largest absolute Gasteiger partial charge is 0.294 e. The average Bonchev–Trinajstić information content (AvgIpc) is 2.90. The molecule has 3 nitrogen and oxygen atoms in total. The van der Waals surface area contributed by atoms with Crippen molar-refractivity contribution in [1.29, 1.82) is 0 Å². The molecule has 0 radical (unpaired) electrons. The van der Waals surface area contributed by atoms with Gasteiger partial charge in [-0.1, -0.05) is 18.2 Å². The minimum atomic E-state index is 0.138. The van der Waals surface area contributed by atoms with E-state index in [2.05, 4.69) is 23.2 Å². The molecule has 1 aromatic heterocycles. The van der Waals surface area contributed by atoms with Crippen LogP contribution in [0.4, 0.5) is 0 Å². The Morgan fingerprint density at radius 3 is 3.00 bits per heavy atom. The van der Waals surface area contributed by atoms with E-state index >= 15 is 0 Å². The number of hydrogen-bond acceptors (Lipinski definition) is 3. The first-order valence-corrected chi connectivity index (χ1v) is 7.43. The molecule has 22 heavy (non-hydrogen) atoms. The van der Waals surface area contributed by atoms with Crippen molar-refractivity contribution in [2.24, 2.45) is 4.99 Å². The molecule has 0 spiro atoms. The molecule has 0 N–H and O–H groups in total. The summed E-state index contributed by atoms with van der Waals surface area (Å²) in [5, 5.41) is 4.12. The smallest absolute Gasteiger partial charge is 0.169 e. The predicted molar refractivity (Wildman–Crippen MR) is 85.8 cm³/mol. The summed E-state index contributed by atoms with van der Waals surface area (Å²) in [6.07, 6.45) is 13.3. The second-order valence-electron chi connectivity index (χ2n) is 5.78. The number of Topliss-reactive ketones (excluding diaryl/α,β-unsaturated/α-hetero) is 1. The standard InChI is InChI=1S/C19H12N2O/c22-18-7-3-6-16-19(18)13-9-17-14(8-11(13)10-20-16)12-4-1-2-5-15(12)21-17/h1-3,5-6,8-10H,4,7H2. The van der Waals surface area contributed by atoms with Crippen LogP contribution in [0.5, 0.6) is 0 Å². The number of carbonyl (C=O) groups is 1. The quantitative estimate of drug-likeness (QED) is 0.746. The van der Waals surface area contributed by atoms with Crippen LogP contribution in [-0.2, 0) is 0 Å². The van der Waals surface area contributed by atoms with Crippen LogP contribution >= 0.6 is 0 Å². The van der Waals surface area contributed by atoms with Crippen LogP contribution in [0.2, 0.25) is 0 Å². The summed E-state index contributed by atoms with van der Waals surface area (Å²) < 4.78 is 0. The molecule has 3 aliphatic rings.